The second kappa shape index (κ2) is 9.24. The van der Waals surface area contributed by atoms with Crippen LogP contribution in [0, 0.1) is 10.1 Å². The average molecular weight is 305 g/mol. The summed E-state index contributed by atoms with van der Waals surface area (Å²) < 4.78 is 0. The van der Waals surface area contributed by atoms with E-state index in [1.54, 1.807) is 0 Å². The lowest BCUT2D eigenvalue weighted by Gasteiger charge is -2.12. The number of hydrogen-bond donors (Lipinski definition) is 3. The molecule has 1 aromatic rings. The van der Waals surface area contributed by atoms with Crippen molar-refractivity contribution in [1.29, 1.82) is 0 Å². The zero-order valence-electron chi connectivity index (χ0n) is 11.1. The normalized spacial score (nSPS) is 12.7. The highest BCUT2D eigenvalue weighted by molar-refractivity contribution is 6.30. The molecule has 7 nitrogen and oxygen atoms in total. The Morgan fingerprint density at radius 3 is 2.30 bits per heavy atom. The van der Waals surface area contributed by atoms with Crippen LogP contribution in [0.15, 0.2) is 24.3 Å². The lowest BCUT2D eigenvalue weighted by molar-refractivity contribution is -0.384. The van der Waals surface area contributed by atoms with Crippen LogP contribution in [0.25, 0.3) is 0 Å². The number of carbonyl (C=O) groups excluding carboxylic acids is 1. The molecule has 0 radical (unpaired) electrons. The number of carbonyl (C=O) groups is 1. The highest BCUT2D eigenvalue weighted by atomic mass is 35.5. The van der Waals surface area contributed by atoms with E-state index in [2.05, 4.69) is 5.32 Å². The topological polar surface area (TPSA) is 113 Å². The molecule has 0 aromatic heterocycles. The van der Waals surface area contributed by atoms with Crippen molar-refractivity contribution in [2.75, 3.05) is 13.7 Å². The first-order valence-corrected chi connectivity index (χ1v) is 6.14. The molecule has 0 saturated heterocycles. The minimum atomic E-state index is -0.926. The van der Waals surface area contributed by atoms with E-state index >= 15 is 0 Å². The number of halogens is 1. The van der Waals surface area contributed by atoms with E-state index in [0.717, 1.165) is 7.11 Å². The molecule has 0 heterocycles. The third-order valence-corrected chi connectivity index (χ3v) is 2.52. The van der Waals surface area contributed by atoms with Gasteiger partial charge >= 0.3 is 0 Å². The van der Waals surface area contributed by atoms with Crippen LogP contribution >= 0.6 is 11.6 Å². The fourth-order valence-electron chi connectivity index (χ4n) is 1.27. The molecule has 0 aliphatic rings. The summed E-state index contributed by atoms with van der Waals surface area (Å²) in [6.45, 7) is 1.53. The van der Waals surface area contributed by atoms with Gasteiger partial charge in [0, 0.05) is 25.8 Å². The Bertz CT molecular complexity index is 436. The van der Waals surface area contributed by atoms with Gasteiger partial charge in [0.2, 0.25) is 5.91 Å². The molecule has 8 heteroatoms. The molecule has 1 rings (SSSR count). The number of hydrogen-bond acceptors (Lipinski definition) is 5. The van der Waals surface area contributed by atoms with Gasteiger partial charge in [0.05, 0.1) is 11.0 Å². The SMILES string of the molecule is CC(Cl)C(=O)NCC(O)c1ccc([N+](=O)[O-])cc1.CO. The third kappa shape index (κ3) is 5.96. The van der Waals surface area contributed by atoms with Crippen molar-refractivity contribution in [3.63, 3.8) is 0 Å². The third-order valence-electron chi connectivity index (χ3n) is 2.32. The Morgan fingerprint density at radius 1 is 1.40 bits per heavy atom. The van der Waals surface area contributed by atoms with Gasteiger partial charge in [-0.05, 0) is 24.6 Å². The van der Waals surface area contributed by atoms with Crippen LogP contribution in [0.1, 0.15) is 18.6 Å². The number of benzene rings is 1. The molecule has 2 atom stereocenters. The fourth-order valence-corrected chi connectivity index (χ4v) is 1.35. The van der Waals surface area contributed by atoms with E-state index in [4.69, 9.17) is 16.7 Å². The lowest BCUT2D eigenvalue weighted by Crippen LogP contribution is -2.33. The van der Waals surface area contributed by atoms with Crippen molar-refractivity contribution < 1.29 is 19.9 Å². The van der Waals surface area contributed by atoms with Crippen LogP contribution in [0.4, 0.5) is 5.69 Å². The molecule has 0 bridgehead atoms. The smallest absolute Gasteiger partial charge is 0.269 e. The molecule has 112 valence electrons. The van der Waals surface area contributed by atoms with Crippen molar-refractivity contribution in [3.8, 4) is 0 Å². The number of amides is 1. The minimum absolute atomic E-state index is 0.00764. The van der Waals surface area contributed by atoms with Gasteiger partial charge in [-0.1, -0.05) is 0 Å². The Labute approximate surface area is 121 Å². The highest BCUT2D eigenvalue weighted by Crippen LogP contribution is 2.17. The van der Waals surface area contributed by atoms with Gasteiger partial charge in [0.25, 0.3) is 5.69 Å². The number of rotatable bonds is 5. The summed E-state index contributed by atoms with van der Waals surface area (Å²) in [5, 5.41) is 29.0. The van der Waals surface area contributed by atoms with Gasteiger partial charge in [-0.25, -0.2) is 0 Å². The molecule has 0 aliphatic carbocycles. The van der Waals surface area contributed by atoms with Crippen LogP contribution in [0.3, 0.4) is 0 Å². The number of nitrogens with zero attached hydrogens (tertiary/aromatic N) is 1. The van der Waals surface area contributed by atoms with Crippen LogP contribution in [-0.4, -0.2) is 40.1 Å². The molecule has 0 aliphatic heterocycles. The number of alkyl halides is 1. The van der Waals surface area contributed by atoms with Crippen molar-refractivity contribution in [3.05, 3.63) is 39.9 Å². The number of aliphatic hydroxyl groups is 2. The first-order chi connectivity index (χ1) is 9.41. The molecule has 0 spiro atoms. The molecule has 1 aromatic carbocycles. The summed E-state index contributed by atoms with van der Waals surface area (Å²) in [7, 11) is 1.00. The summed E-state index contributed by atoms with van der Waals surface area (Å²) in [5.74, 6) is -0.377. The second-order valence-electron chi connectivity index (χ2n) is 3.73. The predicted molar refractivity (Wildman–Crippen MR) is 74.5 cm³/mol. The second-order valence-corrected chi connectivity index (χ2v) is 4.38. The molecular weight excluding hydrogens is 288 g/mol. The molecule has 1 amide bonds. The standard InChI is InChI=1S/C11H13ClN2O4.CH4O/c1-7(12)11(16)13-6-10(15)8-2-4-9(5-3-8)14(17)18;1-2/h2-5,7,10,15H,6H2,1H3,(H,13,16);2H,1H3. The van der Waals surface area contributed by atoms with E-state index in [-0.39, 0.29) is 18.1 Å². The monoisotopic (exact) mass is 304 g/mol. The Balaban J connectivity index is 0.00000172. The van der Waals surface area contributed by atoms with Gasteiger partial charge in [-0.3, -0.25) is 14.9 Å². The summed E-state index contributed by atoms with van der Waals surface area (Å²) in [6.07, 6.45) is -0.926. The number of aliphatic hydroxyl groups excluding tert-OH is 2. The molecule has 3 N–H and O–H groups in total. The van der Waals surface area contributed by atoms with E-state index < -0.39 is 16.4 Å². The maximum Gasteiger partial charge on any atom is 0.269 e. The first-order valence-electron chi connectivity index (χ1n) is 5.70. The van der Waals surface area contributed by atoms with Crippen molar-refractivity contribution in [1.82, 2.24) is 5.32 Å². The maximum atomic E-state index is 11.2. The summed E-state index contributed by atoms with van der Waals surface area (Å²) in [4.78, 5) is 21.1. The van der Waals surface area contributed by atoms with E-state index in [1.807, 2.05) is 0 Å². The Kier molecular flexibility index (Phi) is 8.46. The summed E-state index contributed by atoms with van der Waals surface area (Å²) in [5.41, 5.74) is 0.437. The van der Waals surface area contributed by atoms with E-state index in [1.165, 1.54) is 31.2 Å². The Morgan fingerprint density at radius 2 is 1.90 bits per heavy atom. The summed E-state index contributed by atoms with van der Waals surface area (Å²) >= 11 is 5.54. The van der Waals surface area contributed by atoms with Gasteiger partial charge < -0.3 is 15.5 Å². The summed E-state index contributed by atoms with van der Waals surface area (Å²) in [6, 6.07) is 5.48. The van der Waals surface area contributed by atoms with E-state index in [9.17, 15) is 20.0 Å². The number of nitro groups is 1. The van der Waals surface area contributed by atoms with Gasteiger partial charge in [0.15, 0.2) is 0 Å². The van der Waals surface area contributed by atoms with Crippen LogP contribution in [0.5, 0.6) is 0 Å². The van der Waals surface area contributed by atoms with Crippen molar-refractivity contribution in [2.24, 2.45) is 0 Å². The van der Waals surface area contributed by atoms with E-state index in [0.29, 0.717) is 5.56 Å². The number of non-ortho nitro benzene ring substituents is 1. The maximum absolute atomic E-state index is 11.2. The quantitative estimate of drug-likeness (QED) is 0.426. The minimum Gasteiger partial charge on any atom is -0.400 e. The van der Waals surface area contributed by atoms with Crippen LogP contribution in [-0.2, 0) is 4.79 Å². The fraction of sp³-hybridized carbons (Fsp3) is 0.417. The number of nitro benzene ring substituents is 1. The predicted octanol–water partition coefficient (Wildman–Crippen LogP) is 0.980. The molecule has 2 unspecified atom stereocenters. The van der Waals surface area contributed by atoms with Crippen molar-refractivity contribution >= 4 is 23.2 Å². The Hall–Kier alpha value is -1.70. The lowest BCUT2D eigenvalue weighted by atomic mass is 10.1. The zero-order valence-corrected chi connectivity index (χ0v) is 11.9. The number of nitrogens with one attached hydrogen (secondary N) is 1. The first kappa shape index (κ1) is 18.3. The average Bonchev–Trinajstić information content (AvgIpc) is 2.46. The largest absolute Gasteiger partial charge is 0.400 e. The highest BCUT2D eigenvalue weighted by Gasteiger charge is 2.13. The molecular formula is C12H17ClN2O5. The van der Waals surface area contributed by atoms with Gasteiger partial charge in [-0.15, -0.1) is 11.6 Å². The van der Waals surface area contributed by atoms with Gasteiger partial charge in [0.1, 0.15) is 5.38 Å². The van der Waals surface area contributed by atoms with Crippen LogP contribution < -0.4 is 5.32 Å². The molecule has 0 fully saturated rings. The molecule has 0 saturated carbocycles. The van der Waals surface area contributed by atoms with Crippen LogP contribution in [0.2, 0.25) is 0 Å². The zero-order chi connectivity index (χ0) is 15.7. The van der Waals surface area contributed by atoms with Gasteiger partial charge in [-0.2, -0.15) is 0 Å². The van der Waals surface area contributed by atoms with Crippen molar-refractivity contribution in [2.45, 2.75) is 18.4 Å². The molecule has 20 heavy (non-hydrogen) atoms.